The van der Waals surface area contributed by atoms with Gasteiger partial charge in [0.25, 0.3) is 0 Å². The average Bonchev–Trinajstić information content (AvgIpc) is 3.84. The molecule has 0 spiro atoms. The van der Waals surface area contributed by atoms with Crippen LogP contribution in [0.25, 0.3) is 72.8 Å². The van der Waals surface area contributed by atoms with E-state index in [-0.39, 0.29) is 12.0 Å². The van der Waals surface area contributed by atoms with Crippen molar-refractivity contribution in [1.29, 1.82) is 0 Å². The molecule has 0 saturated heterocycles. The lowest BCUT2D eigenvalue weighted by Gasteiger charge is -2.22. The summed E-state index contributed by atoms with van der Waals surface area (Å²) >= 11 is 1.90. The van der Waals surface area contributed by atoms with E-state index in [1.807, 2.05) is 29.5 Å². The monoisotopic (exact) mass is 648 g/mol. The molecule has 0 bridgehead atoms. The van der Waals surface area contributed by atoms with Gasteiger partial charge >= 0.3 is 0 Å². The van der Waals surface area contributed by atoms with Gasteiger partial charge in [0, 0.05) is 37.0 Å². The highest BCUT2D eigenvalue weighted by atomic mass is 32.1. The van der Waals surface area contributed by atoms with Crippen LogP contribution < -0.4 is 4.74 Å². The molecule has 11 rings (SSSR count). The number of thiophene rings is 1. The van der Waals surface area contributed by atoms with Crippen LogP contribution in [0.3, 0.4) is 0 Å². The highest BCUT2D eigenvalue weighted by Gasteiger charge is 2.37. The highest BCUT2D eigenvalue weighted by molar-refractivity contribution is 7.21. The predicted octanol–water partition coefficient (Wildman–Crippen LogP) is 10.4. The van der Waals surface area contributed by atoms with Gasteiger partial charge in [-0.1, -0.05) is 103 Å². The molecule has 2 atom stereocenters. The minimum absolute atomic E-state index is 0.0261. The van der Waals surface area contributed by atoms with Gasteiger partial charge < -0.3 is 4.74 Å². The molecule has 2 unspecified atom stereocenters. The molecule has 49 heavy (non-hydrogen) atoms. The molecule has 8 aromatic rings. The second kappa shape index (κ2) is 10.3. The largest absolute Gasteiger partial charge is 0.485 e. The topological polar surface area (TPSA) is 52.8 Å². The summed E-state index contributed by atoms with van der Waals surface area (Å²) in [5.41, 5.74) is 9.24. The van der Waals surface area contributed by atoms with Crippen molar-refractivity contribution < 1.29 is 4.74 Å². The number of rotatable bonds is 3. The number of nitrogens with zero attached hydrogens (tertiary/aromatic N) is 4. The van der Waals surface area contributed by atoms with Crippen molar-refractivity contribution in [3.63, 3.8) is 0 Å². The zero-order valence-corrected chi connectivity index (χ0v) is 27.2. The van der Waals surface area contributed by atoms with Gasteiger partial charge in [0.05, 0.1) is 17.0 Å². The number of ether oxygens (including phenoxy) is 1. The summed E-state index contributed by atoms with van der Waals surface area (Å²) in [6, 6.07) is 38.4. The summed E-state index contributed by atoms with van der Waals surface area (Å²) in [4.78, 5) is 16.9. The summed E-state index contributed by atoms with van der Waals surface area (Å²) in [6.45, 7) is 0. The Morgan fingerprint density at radius 2 is 1.53 bits per heavy atom. The second-order valence-electron chi connectivity index (χ2n) is 13.0. The molecule has 0 saturated carbocycles. The lowest BCUT2D eigenvalue weighted by molar-refractivity contribution is 0.267. The second-order valence-corrected chi connectivity index (χ2v) is 14.1. The van der Waals surface area contributed by atoms with Crippen molar-refractivity contribution in [2.75, 3.05) is 0 Å². The van der Waals surface area contributed by atoms with Gasteiger partial charge in [0.15, 0.2) is 11.6 Å². The molecule has 0 N–H and O–H groups in total. The first kappa shape index (κ1) is 27.1. The molecule has 5 aromatic carbocycles. The van der Waals surface area contributed by atoms with Crippen molar-refractivity contribution in [2.45, 2.75) is 24.9 Å². The molecule has 0 fully saturated rings. The Hall–Kier alpha value is -5.85. The molecule has 0 amide bonds. The molecular weight excluding hydrogens is 621 g/mol. The maximum atomic E-state index is 6.57. The Balaban J connectivity index is 1.13. The van der Waals surface area contributed by atoms with Crippen molar-refractivity contribution in [3.8, 4) is 34.5 Å². The van der Waals surface area contributed by atoms with E-state index in [9.17, 15) is 0 Å². The first-order valence-corrected chi connectivity index (χ1v) is 17.6. The van der Waals surface area contributed by atoms with Crippen LogP contribution in [0.4, 0.5) is 0 Å². The van der Waals surface area contributed by atoms with E-state index in [1.54, 1.807) is 0 Å². The van der Waals surface area contributed by atoms with E-state index < -0.39 is 0 Å². The third-order valence-corrected chi connectivity index (χ3v) is 11.5. The van der Waals surface area contributed by atoms with Crippen LogP contribution in [0, 0.1) is 0 Å². The molecule has 3 aromatic heterocycles. The predicted molar refractivity (Wildman–Crippen MR) is 200 cm³/mol. The van der Waals surface area contributed by atoms with Crippen LogP contribution in [-0.4, -0.2) is 25.6 Å². The van der Waals surface area contributed by atoms with Crippen LogP contribution in [0.1, 0.15) is 39.5 Å². The van der Waals surface area contributed by atoms with E-state index in [1.165, 1.54) is 48.0 Å². The molecule has 4 heterocycles. The Morgan fingerprint density at radius 1 is 0.694 bits per heavy atom. The molecule has 1 aliphatic heterocycles. The number of hydrogen-bond donors (Lipinski definition) is 0. The maximum Gasteiger partial charge on any atom is 0.238 e. The summed E-state index contributed by atoms with van der Waals surface area (Å²) in [7, 11) is 0. The summed E-state index contributed by atoms with van der Waals surface area (Å²) in [6.07, 6.45) is 11.1. The first-order chi connectivity index (χ1) is 24.3. The van der Waals surface area contributed by atoms with Gasteiger partial charge in [0.1, 0.15) is 11.9 Å². The van der Waals surface area contributed by atoms with E-state index in [0.29, 0.717) is 17.6 Å². The fourth-order valence-electron chi connectivity index (χ4n) is 8.08. The standard InChI is InChI=1S/C43H28N4OS/c1-2-11-26(12-3-1)41-44-42(27-18-20-32-36(24-27)48-35-23-19-25-10-4-5-13-28(25)38(32)35)46-43(45-41)47-33-16-8-6-15-31(33)39-34(47)22-21-30-29-14-7-9-17-37(29)49-40(30)39/h1-6,8-13,15-24,35,38H,7,14H2. The molecule has 5 nitrogen and oxygen atoms in total. The third-order valence-electron chi connectivity index (χ3n) is 10.3. The smallest absolute Gasteiger partial charge is 0.238 e. The minimum atomic E-state index is -0.0261. The number of hydrogen-bond acceptors (Lipinski definition) is 5. The number of fused-ring (bicyclic) bond motifs is 12. The summed E-state index contributed by atoms with van der Waals surface area (Å²) < 4.78 is 10.1. The van der Waals surface area contributed by atoms with Gasteiger partial charge in [-0.3, -0.25) is 4.57 Å². The fraction of sp³-hybridized carbons (Fsp3) is 0.0930. The Morgan fingerprint density at radius 3 is 2.47 bits per heavy atom. The number of benzene rings is 5. The minimum Gasteiger partial charge on any atom is -0.485 e. The van der Waals surface area contributed by atoms with E-state index >= 15 is 0 Å². The lowest BCUT2D eigenvalue weighted by atomic mass is 9.82. The lowest BCUT2D eigenvalue weighted by Crippen LogP contribution is -2.20. The highest BCUT2D eigenvalue weighted by Crippen LogP contribution is 2.48. The van der Waals surface area contributed by atoms with Crippen molar-refractivity contribution >= 4 is 55.4 Å². The van der Waals surface area contributed by atoms with E-state index in [0.717, 1.165) is 40.8 Å². The number of aryl methyl sites for hydroxylation is 1. The molecular formula is C43H28N4OS. The van der Waals surface area contributed by atoms with Crippen molar-refractivity contribution in [2.24, 2.45) is 0 Å². The van der Waals surface area contributed by atoms with E-state index in [4.69, 9.17) is 19.7 Å². The number of para-hydroxylation sites is 1. The van der Waals surface area contributed by atoms with Crippen LogP contribution in [0.5, 0.6) is 5.75 Å². The van der Waals surface area contributed by atoms with Gasteiger partial charge in [-0.05, 0) is 65.3 Å². The van der Waals surface area contributed by atoms with E-state index in [2.05, 4.69) is 120 Å². The van der Waals surface area contributed by atoms with Gasteiger partial charge in [0.2, 0.25) is 5.95 Å². The van der Waals surface area contributed by atoms with Gasteiger partial charge in [-0.2, -0.15) is 9.97 Å². The SMILES string of the molecule is C1=Cc2sc3c(ccc4c3c3ccccc3n4-c3nc(-c4ccccc4)nc(-c4ccc5c(c4)OC4C=Cc6ccccc6C54)n3)c2CC1. The van der Waals surface area contributed by atoms with Crippen LogP contribution in [0.2, 0.25) is 0 Å². The third kappa shape index (κ3) is 4.01. The zero-order chi connectivity index (χ0) is 32.1. The summed E-state index contributed by atoms with van der Waals surface area (Å²) in [5.74, 6) is 2.91. The van der Waals surface area contributed by atoms with Crippen LogP contribution >= 0.6 is 11.3 Å². The molecule has 0 radical (unpaired) electrons. The maximum absolute atomic E-state index is 6.57. The molecule has 6 heteroatoms. The molecule has 232 valence electrons. The van der Waals surface area contributed by atoms with Crippen molar-refractivity contribution in [3.05, 3.63) is 148 Å². The fourth-order valence-corrected chi connectivity index (χ4v) is 9.41. The molecule has 2 aliphatic carbocycles. The summed E-state index contributed by atoms with van der Waals surface area (Å²) in [5, 5.41) is 3.82. The number of allylic oxidation sites excluding steroid dienone is 1. The Bertz CT molecular complexity index is 2720. The number of aromatic nitrogens is 4. The quantitative estimate of drug-likeness (QED) is 0.191. The first-order valence-electron chi connectivity index (χ1n) is 16.8. The van der Waals surface area contributed by atoms with Crippen molar-refractivity contribution in [1.82, 2.24) is 19.5 Å². The average molecular weight is 649 g/mol. The zero-order valence-electron chi connectivity index (χ0n) is 26.4. The normalized spacial score (nSPS) is 17.2. The van der Waals surface area contributed by atoms with Crippen LogP contribution in [-0.2, 0) is 6.42 Å². The Kier molecular flexibility index (Phi) is 5.72. The molecule has 3 aliphatic rings. The van der Waals surface area contributed by atoms with Gasteiger partial charge in [-0.15, -0.1) is 11.3 Å². The Labute approximate surface area is 286 Å². The van der Waals surface area contributed by atoms with Gasteiger partial charge in [-0.25, -0.2) is 4.98 Å². The van der Waals surface area contributed by atoms with Crippen LogP contribution in [0.15, 0.2) is 121 Å².